The van der Waals surface area contributed by atoms with Crippen LogP contribution < -0.4 is 0 Å². The van der Waals surface area contributed by atoms with E-state index >= 15 is 0 Å². The van der Waals surface area contributed by atoms with E-state index in [-0.39, 0.29) is 25.0 Å². The number of benzene rings is 1. The molecule has 1 aromatic rings. The normalized spacial score (nSPS) is 14.9. The van der Waals surface area contributed by atoms with Gasteiger partial charge in [-0.2, -0.15) is 0 Å². The molecule has 0 saturated heterocycles. The van der Waals surface area contributed by atoms with Crippen molar-refractivity contribution in [1.82, 2.24) is 14.0 Å². The molecule has 0 aliphatic rings. The van der Waals surface area contributed by atoms with E-state index in [1.165, 1.54) is 0 Å². The van der Waals surface area contributed by atoms with Crippen molar-refractivity contribution in [2.45, 2.75) is 54.9 Å². The van der Waals surface area contributed by atoms with Gasteiger partial charge in [-0.1, -0.05) is 0 Å². The molecule has 0 heterocycles. The van der Waals surface area contributed by atoms with Crippen molar-refractivity contribution in [3.05, 3.63) is 35.9 Å². The summed E-state index contributed by atoms with van der Waals surface area (Å²) in [5, 5.41) is 10.7. The molecule has 35 heavy (non-hydrogen) atoms. The summed E-state index contributed by atoms with van der Waals surface area (Å²) < 4.78 is 12.6. The second-order valence-electron chi connectivity index (χ2n) is 8.49. The summed E-state index contributed by atoms with van der Waals surface area (Å²) in [7, 11) is 0. The van der Waals surface area contributed by atoms with Crippen molar-refractivity contribution in [2.75, 3.05) is 52.0 Å². The number of halogens is 1. The first kappa shape index (κ1) is 31.7. The molecule has 0 radical (unpaired) electrons. The summed E-state index contributed by atoms with van der Waals surface area (Å²) in [6.07, 6.45) is -0.0722. The number of ether oxygens (including phenoxy) is 1. The molecule has 0 N–H and O–H groups in total. The number of hydrogen-bond donors (Lipinski definition) is 0. The summed E-state index contributed by atoms with van der Waals surface area (Å²) in [6.45, 7) is 18.8. The van der Waals surface area contributed by atoms with Gasteiger partial charge in [-0.15, -0.1) is 0 Å². The molecule has 0 spiro atoms. The molecule has 0 aromatic heterocycles. The summed E-state index contributed by atoms with van der Waals surface area (Å²) >= 11 is 4.33. The first-order valence-electron chi connectivity index (χ1n) is 12.8. The fourth-order valence-electron chi connectivity index (χ4n) is 5.23. The van der Waals surface area contributed by atoms with Gasteiger partial charge < -0.3 is 0 Å². The Morgan fingerprint density at radius 1 is 0.886 bits per heavy atom. The molecular weight excluding hydrogens is 527 g/mol. The minimum absolute atomic E-state index is 0.141. The number of nitrogens with zero attached hydrogens (tertiary/aromatic N) is 4. The fraction of sp³-hybridized carbons (Fsp3) is 0.654. The molecule has 1 atom stereocenters. The number of esters is 1. The van der Waals surface area contributed by atoms with Crippen LogP contribution in [-0.4, -0.2) is 77.8 Å². The number of carbonyl (C=O) groups excluding carboxylic acids is 2. The fourth-order valence-corrected chi connectivity index (χ4v) is 16.8. The zero-order valence-corrected chi connectivity index (χ0v) is 25.1. The monoisotopic (exact) mass is 570 g/mol. The standard InChI is InChI=1S/C26H44BrN4O3P/c1-8-29(9-2)35(27,30(10-3)11-4,31(12-5)13-6)22-26(21-28,25(33)34-14-7)20-24(32)23-18-16-15-17-19-23/h15-19H,8-14,20,22H2,1-7H3. The molecule has 1 rings (SSSR count). The SMILES string of the molecule is CCOC(=O)C(C#N)(CC(=O)c1ccccc1)CP(Br)(N(CC)CC)(N(CC)CC)N(CC)CC. The molecule has 0 aliphatic carbocycles. The summed E-state index contributed by atoms with van der Waals surface area (Å²) in [5.74, 6) is -4.36. The van der Waals surface area contributed by atoms with Crippen LogP contribution in [-0.2, 0) is 9.53 Å². The predicted molar refractivity (Wildman–Crippen MR) is 150 cm³/mol. The van der Waals surface area contributed by atoms with Crippen LogP contribution in [0.3, 0.4) is 0 Å². The zero-order valence-electron chi connectivity index (χ0n) is 22.6. The van der Waals surface area contributed by atoms with Crippen LogP contribution in [0.2, 0.25) is 0 Å². The summed E-state index contributed by atoms with van der Waals surface area (Å²) in [6, 6.07) is 11.2. The number of rotatable bonds is 16. The average Bonchev–Trinajstić information content (AvgIpc) is 2.86. The van der Waals surface area contributed by atoms with E-state index in [0.717, 1.165) is 39.3 Å². The Morgan fingerprint density at radius 2 is 1.31 bits per heavy atom. The number of Topliss-reactive ketones (excluding diaryl/α,β-unsaturated/α-hetero) is 1. The molecule has 1 unspecified atom stereocenters. The van der Waals surface area contributed by atoms with Crippen molar-refractivity contribution in [3.63, 3.8) is 0 Å². The third-order valence-corrected chi connectivity index (χ3v) is 17.8. The predicted octanol–water partition coefficient (Wildman–Crippen LogP) is 5.97. The minimum atomic E-state index is -3.49. The maximum absolute atomic E-state index is 13.6. The Bertz CT molecular complexity index is 833. The molecule has 0 fully saturated rings. The van der Waals surface area contributed by atoms with Gasteiger partial charge in [0.05, 0.1) is 0 Å². The van der Waals surface area contributed by atoms with Crippen LogP contribution >= 0.6 is 21.2 Å². The van der Waals surface area contributed by atoms with Crippen molar-refractivity contribution in [1.29, 1.82) is 5.26 Å². The van der Waals surface area contributed by atoms with E-state index in [4.69, 9.17) is 4.74 Å². The van der Waals surface area contributed by atoms with Crippen molar-refractivity contribution in [3.8, 4) is 6.07 Å². The number of hydrogen-bond acceptors (Lipinski definition) is 7. The molecule has 7 nitrogen and oxygen atoms in total. The van der Waals surface area contributed by atoms with Gasteiger partial charge in [-0.05, 0) is 0 Å². The Balaban J connectivity index is 3.97. The molecule has 0 amide bonds. The number of ketones is 1. The average molecular weight is 572 g/mol. The first-order valence-corrected chi connectivity index (χ1v) is 17.1. The van der Waals surface area contributed by atoms with Gasteiger partial charge in [0.2, 0.25) is 0 Å². The summed E-state index contributed by atoms with van der Waals surface area (Å²) in [4.78, 5) is 27.1. The summed E-state index contributed by atoms with van der Waals surface area (Å²) in [5.41, 5.74) is -1.17. The Morgan fingerprint density at radius 3 is 1.66 bits per heavy atom. The Hall–Kier alpha value is -1.36. The second kappa shape index (κ2) is 13.8. The van der Waals surface area contributed by atoms with E-state index < -0.39 is 17.1 Å². The van der Waals surface area contributed by atoms with Crippen molar-refractivity contribution < 1.29 is 14.3 Å². The van der Waals surface area contributed by atoms with Gasteiger partial charge >= 0.3 is 221 Å². The second-order valence-corrected chi connectivity index (χ2v) is 16.9. The van der Waals surface area contributed by atoms with Gasteiger partial charge in [0.15, 0.2) is 0 Å². The molecule has 1 aromatic carbocycles. The molecule has 198 valence electrons. The van der Waals surface area contributed by atoms with E-state index in [9.17, 15) is 14.9 Å². The van der Waals surface area contributed by atoms with Gasteiger partial charge in [0.25, 0.3) is 0 Å². The van der Waals surface area contributed by atoms with Crippen LogP contribution in [0.15, 0.2) is 30.3 Å². The third kappa shape index (κ3) is 6.14. The first-order chi connectivity index (χ1) is 16.6. The van der Waals surface area contributed by atoms with Crippen LogP contribution in [0.25, 0.3) is 0 Å². The molecule has 0 saturated carbocycles. The van der Waals surface area contributed by atoms with E-state index in [2.05, 4.69) is 77.1 Å². The van der Waals surface area contributed by atoms with Crippen molar-refractivity contribution in [2.24, 2.45) is 5.41 Å². The molecule has 0 aliphatic heterocycles. The Labute approximate surface area is 220 Å². The van der Waals surface area contributed by atoms with E-state index in [0.29, 0.717) is 5.56 Å². The number of carbonyl (C=O) groups is 2. The third-order valence-electron chi connectivity index (χ3n) is 6.85. The van der Waals surface area contributed by atoms with Crippen molar-refractivity contribution >= 4 is 33.0 Å². The zero-order chi connectivity index (χ0) is 26.7. The van der Waals surface area contributed by atoms with E-state index in [1.807, 2.05) is 6.07 Å². The van der Waals surface area contributed by atoms with Crippen LogP contribution in [0.1, 0.15) is 65.2 Å². The van der Waals surface area contributed by atoms with Gasteiger partial charge in [0, 0.05) is 0 Å². The Kier molecular flexibility index (Phi) is 12.5. The van der Waals surface area contributed by atoms with Crippen LogP contribution in [0.5, 0.6) is 0 Å². The number of nitriles is 1. The van der Waals surface area contributed by atoms with E-state index in [1.54, 1.807) is 31.2 Å². The van der Waals surface area contributed by atoms with Crippen LogP contribution in [0.4, 0.5) is 0 Å². The van der Waals surface area contributed by atoms with Gasteiger partial charge in [-0.3, -0.25) is 0 Å². The molecular formula is C26H44BrN4O3P. The molecule has 9 heteroatoms. The maximum atomic E-state index is 13.6. The van der Waals surface area contributed by atoms with Gasteiger partial charge in [-0.25, -0.2) is 0 Å². The van der Waals surface area contributed by atoms with Crippen LogP contribution in [0, 0.1) is 16.7 Å². The quantitative estimate of drug-likeness (QED) is 0.138. The topological polar surface area (TPSA) is 76.9 Å². The van der Waals surface area contributed by atoms with Gasteiger partial charge in [0.1, 0.15) is 0 Å². The molecule has 0 bridgehead atoms.